The molecule has 1 atom stereocenters. The lowest BCUT2D eigenvalue weighted by Gasteiger charge is -2.22. The van der Waals surface area contributed by atoms with Crippen molar-refractivity contribution in [1.29, 1.82) is 0 Å². The van der Waals surface area contributed by atoms with Gasteiger partial charge in [-0.15, -0.1) is 0 Å². The number of non-ortho nitro benzene ring substituents is 2. The molecule has 37 heavy (non-hydrogen) atoms. The number of carbonyl (C=O) groups excluding carboxylic acids is 2. The molecule has 0 radical (unpaired) electrons. The van der Waals surface area contributed by atoms with E-state index in [9.17, 15) is 34.9 Å². The van der Waals surface area contributed by atoms with Gasteiger partial charge in [-0.25, -0.2) is 4.98 Å². The highest BCUT2D eigenvalue weighted by Gasteiger charge is 2.48. The zero-order valence-corrected chi connectivity index (χ0v) is 20.0. The molecule has 3 heterocycles. The summed E-state index contributed by atoms with van der Waals surface area (Å²) >= 11 is 0.938. The molecule has 1 fully saturated rings. The molecular weight excluding hydrogens is 504 g/mol. The van der Waals surface area contributed by atoms with Crippen molar-refractivity contribution >= 4 is 55.5 Å². The Bertz CT molecular complexity index is 1680. The fourth-order valence-electron chi connectivity index (χ4n) is 4.28. The van der Waals surface area contributed by atoms with E-state index in [0.29, 0.717) is 21.7 Å². The Kier molecular flexibility index (Phi) is 5.56. The number of rotatable bonds is 5. The van der Waals surface area contributed by atoms with Gasteiger partial charge in [-0.05, 0) is 31.5 Å². The lowest BCUT2D eigenvalue weighted by molar-refractivity contribution is -0.385. The van der Waals surface area contributed by atoms with Gasteiger partial charge < -0.3 is 9.52 Å². The molecule has 1 aliphatic rings. The summed E-state index contributed by atoms with van der Waals surface area (Å²) in [7, 11) is 0. The number of aliphatic hydroxyl groups excluding tert-OH is 1. The number of nitrogens with zero attached hydrogens (tertiary/aromatic N) is 4. The third-order valence-corrected chi connectivity index (χ3v) is 6.93. The second kappa shape index (κ2) is 8.64. The predicted molar refractivity (Wildman–Crippen MR) is 132 cm³/mol. The fraction of sp³-hybridized carbons (Fsp3) is 0.125. The summed E-state index contributed by atoms with van der Waals surface area (Å²) in [5.41, 5.74) is -0.000664. The molecule has 0 bridgehead atoms. The number of aliphatic hydroxyl groups is 1. The Morgan fingerprint density at radius 1 is 1.05 bits per heavy atom. The summed E-state index contributed by atoms with van der Waals surface area (Å²) in [6, 6.07) is 9.61. The maximum absolute atomic E-state index is 13.3. The van der Waals surface area contributed by atoms with Crippen LogP contribution in [0.3, 0.4) is 0 Å². The number of nitro groups is 2. The van der Waals surface area contributed by atoms with Crippen LogP contribution in [0.4, 0.5) is 16.5 Å². The predicted octanol–water partition coefficient (Wildman–Crippen LogP) is 4.95. The van der Waals surface area contributed by atoms with Gasteiger partial charge in [0.05, 0.1) is 37.2 Å². The molecule has 5 rings (SSSR count). The van der Waals surface area contributed by atoms with E-state index >= 15 is 0 Å². The van der Waals surface area contributed by atoms with Crippen molar-refractivity contribution in [3.8, 4) is 0 Å². The molecule has 13 heteroatoms. The van der Waals surface area contributed by atoms with Gasteiger partial charge in [-0.3, -0.25) is 34.7 Å². The number of hydrogen-bond donors (Lipinski definition) is 1. The molecule has 186 valence electrons. The van der Waals surface area contributed by atoms with Gasteiger partial charge >= 0.3 is 5.91 Å². The molecule has 1 saturated heterocycles. The van der Waals surface area contributed by atoms with Crippen LogP contribution in [0.5, 0.6) is 0 Å². The average Bonchev–Trinajstić information content (AvgIpc) is 3.51. The maximum Gasteiger partial charge on any atom is 0.301 e. The van der Waals surface area contributed by atoms with Crippen molar-refractivity contribution in [2.24, 2.45) is 0 Å². The van der Waals surface area contributed by atoms with Crippen LogP contribution in [0, 0.1) is 34.1 Å². The summed E-state index contributed by atoms with van der Waals surface area (Å²) in [5, 5.41) is 33.9. The van der Waals surface area contributed by atoms with E-state index in [1.165, 1.54) is 48.5 Å². The number of anilines is 1. The second-order valence-electron chi connectivity index (χ2n) is 8.25. The Labute approximate surface area is 211 Å². The molecule has 0 saturated carbocycles. The lowest BCUT2D eigenvalue weighted by Crippen LogP contribution is -2.29. The van der Waals surface area contributed by atoms with Crippen LogP contribution in [-0.4, -0.2) is 31.6 Å². The van der Waals surface area contributed by atoms with Crippen LogP contribution >= 0.6 is 11.3 Å². The van der Waals surface area contributed by atoms with Crippen LogP contribution in [0.15, 0.2) is 58.5 Å². The largest absolute Gasteiger partial charge is 0.507 e. The summed E-state index contributed by atoms with van der Waals surface area (Å²) in [6.07, 6.45) is 0. The number of fused-ring (bicyclic) bond motifs is 1. The third kappa shape index (κ3) is 3.90. The van der Waals surface area contributed by atoms with Crippen molar-refractivity contribution in [1.82, 2.24) is 4.98 Å². The average molecular weight is 520 g/mol. The van der Waals surface area contributed by atoms with E-state index in [1.54, 1.807) is 13.8 Å². The van der Waals surface area contributed by atoms with E-state index < -0.39 is 33.3 Å². The molecule has 1 N–H and O–H groups in total. The quantitative estimate of drug-likeness (QED) is 0.126. The zero-order chi connectivity index (χ0) is 26.6. The molecule has 0 aliphatic carbocycles. The molecule has 1 amide bonds. The minimum absolute atomic E-state index is 0.0354. The molecule has 1 unspecified atom stereocenters. The second-order valence-corrected chi connectivity index (χ2v) is 9.26. The molecule has 0 spiro atoms. The number of carbonyl (C=O) groups is 2. The number of furan rings is 1. The van der Waals surface area contributed by atoms with Crippen molar-refractivity contribution in [3.05, 3.63) is 97.0 Å². The Morgan fingerprint density at radius 2 is 1.76 bits per heavy atom. The van der Waals surface area contributed by atoms with Crippen LogP contribution in [0.2, 0.25) is 0 Å². The van der Waals surface area contributed by atoms with Gasteiger partial charge in [-0.2, -0.15) is 0 Å². The SMILES string of the molecule is Cc1cc(C(O)=C2C(=O)C(=O)N(c3nc4ccc([N+](=O)[O-])cc4s3)C2c2cccc([N+](=O)[O-])c2)c(C)o1. The highest BCUT2D eigenvalue weighted by molar-refractivity contribution is 7.22. The number of thiazole rings is 1. The van der Waals surface area contributed by atoms with Crippen LogP contribution in [0.25, 0.3) is 16.0 Å². The first-order valence-corrected chi connectivity index (χ1v) is 11.6. The van der Waals surface area contributed by atoms with Crippen molar-refractivity contribution < 1.29 is 29.0 Å². The van der Waals surface area contributed by atoms with Crippen molar-refractivity contribution in [2.45, 2.75) is 19.9 Å². The van der Waals surface area contributed by atoms with Gasteiger partial charge in [0.2, 0.25) is 0 Å². The van der Waals surface area contributed by atoms with E-state index in [2.05, 4.69) is 4.98 Å². The van der Waals surface area contributed by atoms with Gasteiger partial charge in [0.15, 0.2) is 5.13 Å². The van der Waals surface area contributed by atoms with E-state index in [4.69, 9.17) is 4.42 Å². The molecule has 2 aromatic carbocycles. The summed E-state index contributed by atoms with van der Waals surface area (Å²) < 4.78 is 5.87. The van der Waals surface area contributed by atoms with Gasteiger partial charge in [-0.1, -0.05) is 23.5 Å². The zero-order valence-electron chi connectivity index (χ0n) is 19.2. The van der Waals surface area contributed by atoms with E-state index in [1.807, 2.05) is 0 Å². The fourth-order valence-corrected chi connectivity index (χ4v) is 5.31. The first-order chi connectivity index (χ1) is 17.6. The first-order valence-electron chi connectivity index (χ1n) is 10.7. The molecule has 1 aliphatic heterocycles. The van der Waals surface area contributed by atoms with Crippen molar-refractivity contribution in [3.63, 3.8) is 0 Å². The topological polar surface area (TPSA) is 170 Å². The Hall–Kier alpha value is -4.91. The van der Waals surface area contributed by atoms with Gasteiger partial charge in [0.25, 0.3) is 17.2 Å². The van der Waals surface area contributed by atoms with Gasteiger partial charge in [0, 0.05) is 24.3 Å². The first kappa shape index (κ1) is 23.8. The van der Waals surface area contributed by atoms with Crippen LogP contribution in [0.1, 0.15) is 28.7 Å². The summed E-state index contributed by atoms with van der Waals surface area (Å²) in [4.78, 5) is 53.5. The standard InChI is InChI=1S/C24H16N4O8S/c1-11-8-16(12(2)36-11)21(29)19-20(13-4-3-5-14(9-13)27(32)33)26(23(31)22(19)30)24-25-17-7-6-15(28(34)35)10-18(17)37-24/h3-10,20,29H,1-2H3. The number of nitro benzene ring substituents is 2. The number of aromatic nitrogens is 1. The third-order valence-electron chi connectivity index (χ3n) is 5.91. The van der Waals surface area contributed by atoms with Crippen LogP contribution < -0.4 is 4.90 Å². The maximum atomic E-state index is 13.3. The number of benzene rings is 2. The monoisotopic (exact) mass is 520 g/mol. The lowest BCUT2D eigenvalue weighted by atomic mass is 9.95. The summed E-state index contributed by atoms with van der Waals surface area (Å²) in [5.74, 6) is -1.75. The molecule has 2 aromatic heterocycles. The number of Topliss-reactive ketones (excluding diaryl/α,β-unsaturated/α-hetero) is 1. The van der Waals surface area contributed by atoms with Crippen LogP contribution in [-0.2, 0) is 9.59 Å². The van der Waals surface area contributed by atoms with E-state index in [0.717, 1.165) is 16.2 Å². The Balaban J connectivity index is 1.75. The number of hydrogen-bond acceptors (Lipinski definition) is 10. The molecule has 12 nitrogen and oxygen atoms in total. The molecular formula is C24H16N4O8S. The smallest absolute Gasteiger partial charge is 0.301 e. The number of amides is 1. The highest BCUT2D eigenvalue weighted by atomic mass is 32.1. The minimum Gasteiger partial charge on any atom is -0.507 e. The highest BCUT2D eigenvalue weighted by Crippen LogP contribution is 2.45. The summed E-state index contributed by atoms with van der Waals surface area (Å²) in [6.45, 7) is 3.24. The Morgan fingerprint density at radius 3 is 2.41 bits per heavy atom. The number of aryl methyl sites for hydroxylation is 2. The van der Waals surface area contributed by atoms with Crippen molar-refractivity contribution in [2.75, 3.05) is 4.90 Å². The molecule has 4 aromatic rings. The number of ketones is 1. The minimum atomic E-state index is -1.26. The van der Waals surface area contributed by atoms with Gasteiger partial charge in [0.1, 0.15) is 17.3 Å². The normalized spacial score (nSPS) is 17.0. The van der Waals surface area contributed by atoms with E-state index in [-0.39, 0.29) is 33.2 Å².